The molecule has 0 saturated heterocycles. The number of phenols is 1. The van der Waals surface area contributed by atoms with Crippen molar-refractivity contribution in [1.29, 1.82) is 0 Å². The number of aromatic nitrogens is 3. The molecule has 2 aliphatic rings. The van der Waals surface area contributed by atoms with Crippen LogP contribution in [0.25, 0.3) is 22.4 Å². The van der Waals surface area contributed by atoms with Gasteiger partial charge in [0, 0.05) is 36.5 Å². The average Bonchev–Trinajstić information content (AvgIpc) is 2.76. The molecular formula is C27H30FN3O3. The highest BCUT2D eigenvalue weighted by Gasteiger charge is 2.47. The Balaban J connectivity index is 1.36. The Kier molecular flexibility index (Phi) is 5.46. The Bertz CT molecular complexity index is 1270. The first-order chi connectivity index (χ1) is 16.1. The number of hydrogen-bond donors (Lipinski definition) is 1. The third kappa shape index (κ3) is 4.31. The van der Waals surface area contributed by atoms with E-state index in [0.717, 1.165) is 12.8 Å². The van der Waals surface area contributed by atoms with Crippen LogP contribution in [-0.2, 0) is 7.05 Å². The van der Waals surface area contributed by atoms with E-state index in [2.05, 4.69) is 24.0 Å². The van der Waals surface area contributed by atoms with E-state index in [1.807, 2.05) is 0 Å². The van der Waals surface area contributed by atoms with Crippen molar-refractivity contribution in [1.82, 2.24) is 14.8 Å². The predicted molar refractivity (Wildman–Crippen MR) is 128 cm³/mol. The first-order valence-electron chi connectivity index (χ1n) is 11.8. The number of nitrogens with zero attached hydrogens (tertiary/aromatic N) is 3. The number of pyridine rings is 1. The van der Waals surface area contributed by atoms with Gasteiger partial charge >= 0.3 is 0 Å². The van der Waals surface area contributed by atoms with Gasteiger partial charge in [0.05, 0.1) is 5.69 Å². The van der Waals surface area contributed by atoms with Gasteiger partial charge in [0.25, 0.3) is 5.56 Å². The lowest BCUT2D eigenvalue weighted by molar-refractivity contribution is -0.0421. The van der Waals surface area contributed by atoms with Crippen molar-refractivity contribution in [2.24, 2.45) is 17.9 Å². The summed E-state index contributed by atoms with van der Waals surface area (Å²) in [6.45, 7) is 4.73. The summed E-state index contributed by atoms with van der Waals surface area (Å²) in [5.41, 5.74) is 1.50. The minimum Gasteiger partial charge on any atom is -0.507 e. The first-order valence-corrected chi connectivity index (χ1v) is 11.8. The molecule has 1 N–H and O–H groups in total. The van der Waals surface area contributed by atoms with Gasteiger partial charge in [-0.3, -0.25) is 4.79 Å². The maximum Gasteiger partial charge on any atom is 0.250 e. The van der Waals surface area contributed by atoms with Crippen molar-refractivity contribution in [3.63, 3.8) is 0 Å². The molecule has 0 amide bonds. The minimum absolute atomic E-state index is 0.105. The topological polar surface area (TPSA) is 77.2 Å². The lowest BCUT2D eigenvalue weighted by Gasteiger charge is -2.51. The van der Waals surface area contributed by atoms with Gasteiger partial charge in [-0.2, -0.15) is 0 Å². The van der Waals surface area contributed by atoms with Crippen LogP contribution in [0.15, 0.2) is 47.4 Å². The van der Waals surface area contributed by atoms with Crippen molar-refractivity contribution in [2.75, 3.05) is 0 Å². The molecule has 2 aromatic heterocycles. The lowest BCUT2D eigenvalue weighted by atomic mass is 9.55. The molecule has 5 rings (SSSR count). The lowest BCUT2D eigenvalue weighted by Crippen LogP contribution is -2.45. The molecule has 2 heterocycles. The Hall–Kier alpha value is -3.22. The Morgan fingerprint density at radius 3 is 2.44 bits per heavy atom. The SMILES string of the molecule is Cn1ccc(-c2cc(O)c(-c3ccc(OC4C[C@]5(C)CCC[C@](C)(C4)C5)nn3)cc2F)cc1=O. The van der Waals surface area contributed by atoms with E-state index in [0.29, 0.717) is 28.0 Å². The first kappa shape index (κ1) is 22.6. The van der Waals surface area contributed by atoms with Gasteiger partial charge in [0.2, 0.25) is 5.88 Å². The molecule has 2 aliphatic carbocycles. The molecule has 3 aromatic rings. The van der Waals surface area contributed by atoms with E-state index in [9.17, 15) is 14.3 Å². The zero-order valence-corrected chi connectivity index (χ0v) is 19.8. The van der Waals surface area contributed by atoms with E-state index >= 15 is 0 Å². The van der Waals surface area contributed by atoms with Crippen LogP contribution in [0, 0.1) is 16.6 Å². The smallest absolute Gasteiger partial charge is 0.250 e. The highest BCUT2D eigenvalue weighted by atomic mass is 19.1. The van der Waals surface area contributed by atoms with Crippen LogP contribution in [0.3, 0.4) is 0 Å². The van der Waals surface area contributed by atoms with E-state index in [4.69, 9.17) is 4.74 Å². The Morgan fingerprint density at radius 2 is 1.79 bits per heavy atom. The standard InChI is InChI=1S/C27H30FN3O3/c1-26-8-4-9-27(2,16-26)15-18(14-26)34-24-6-5-22(29-30-24)20-12-21(28)19(13-23(20)32)17-7-10-31(3)25(33)11-17/h5-7,10-13,18,32H,4,8-9,14-16H2,1-3H3/t18?,26-,27+. The van der Waals surface area contributed by atoms with Gasteiger partial charge in [0.1, 0.15) is 17.7 Å². The molecule has 0 aliphatic heterocycles. The van der Waals surface area contributed by atoms with E-state index in [1.54, 1.807) is 31.4 Å². The van der Waals surface area contributed by atoms with Gasteiger partial charge in [-0.1, -0.05) is 20.3 Å². The Morgan fingerprint density at radius 1 is 1.06 bits per heavy atom. The number of phenolic OH excluding ortho intramolecular Hbond substituents is 1. The fourth-order valence-corrected chi connectivity index (χ4v) is 6.15. The fraction of sp³-hybridized carbons (Fsp3) is 0.444. The minimum atomic E-state index is -0.557. The maximum atomic E-state index is 14.9. The van der Waals surface area contributed by atoms with E-state index in [1.165, 1.54) is 48.4 Å². The third-order valence-corrected chi connectivity index (χ3v) is 7.56. The van der Waals surface area contributed by atoms with Crippen LogP contribution in [0.2, 0.25) is 0 Å². The van der Waals surface area contributed by atoms with Gasteiger partial charge in [-0.05, 0) is 72.8 Å². The molecule has 0 radical (unpaired) electrons. The molecular weight excluding hydrogens is 433 g/mol. The number of rotatable bonds is 4. The van der Waals surface area contributed by atoms with Gasteiger partial charge in [-0.25, -0.2) is 4.39 Å². The number of ether oxygens (including phenoxy) is 1. The molecule has 3 atom stereocenters. The Labute approximate surface area is 198 Å². The summed E-state index contributed by atoms with van der Waals surface area (Å²) < 4.78 is 22.5. The van der Waals surface area contributed by atoms with Gasteiger partial charge in [-0.15, -0.1) is 10.2 Å². The summed E-state index contributed by atoms with van der Waals surface area (Å²) in [4.78, 5) is 11.9. The zero-order chi connectivity index (χ0) is 24.1. The summed E-state index contributed by atoms with van der Waals surface area (Å²) >= 11 is 0. The van der Waals surface area contributed by atoms with Crippen LogP contribution in [0.4, 0.5) is 4.39 Å². The molecule has 2 saturated carbocycles. The number of hydrogen-bond acceptors (Lipinski definition) is 5. The van der Waals surface area contributed by atoms with Crippen molar-refractivity contribution in [2.45, 2.75) is 58.5 Å². The van der Waals surface area contributed by atoms with Crippen molar-refractivity contribution < 1.29 is 14.2 Å². The second-order valence-corrected chi connectivity index (χ2v) is 10.8. The number of benzene rings is 1. The van der Waals surface area contributed by atoms with Crippen LogP contribution < -0.4 is 10.3 Å². The zero-order valence-electron chi connectivity index (χ0n) is 19.8. The summed E-state index contributed by atoms with van der Waals surface area (Å²) in [7, 11) is 1.62. The van der Waals surface area contributed by atoms with Crippen LogP contribution in [0.1, 0.15) is 52.4 Å². The summed E-state index contributed by atoms with van der Waals surface area (Å²) in [5.74, 6) is -0.253. The average molecular weight is 464 g/mol. The summed E-state index contributed by atoms with van der Waals surface area (Å²) in [6, 6.07) is 8.91. The second-order valence-electron chi connectivity index (χ2n) is 10.8. The maximum absolute atomic E-state index is 14.9. The van der Waals surface area contributed by atoms with Crippen LogP contribution in [-0.4, -0.2) is 26.0 Å². The number of fused-ring (bicyclic) bond motifs is 2. The molecule has 34 heavy (non-hydrogen) atoms. The van der Waals surface area contributed by atoms with Gasteiger partial charge < -0.3 is 14.4 Å². The highest BCUT2D eigenvalue weighted by Crippen LogP contribution is 2.55. The van der Waals surface area contributed by atoms with E-state index < -0.39 is 5.82 Å². The molecule has 0 spiro atoms. The quantitative estimate of drug-likeness (QED) is 0.554. The molecule has 1 unspecified atom stereocenters. The molecule has 7 heteroatoms. The predicted octanol–water partition coefficient (Wildman–Crippen LogP) is 5.48. The van der Waals surface area contributed by atoms with E-state index in [-0.39, 0.29) is 28.5 Å². The van der Waals surface area contributed by atoms with Crippen LogP contribution >= 0.6 is 0 Å². The number of aryl methyl sites for hydroxylation is 1. The summed E-state index contributed by atoms with van der Waals surface area (Å²) in [6.07, 6.45) is 8.72. The third-order valence-electron chi connectivity index (χ3n) is 7.56. The van der Waals surface area contributed by atoms with Crippen LogP contribution in [0.5, 0.6) is 11.6 Å². The highest BCUT2D eigenvalue weighted by molar-refractivity contribution is 5.74. The molecule has 178 valence electrons. The normalized spacial score (nSPS) is 26.3. The van der Waals surface area contributed by atoms with Crippen molar-refractivity contribution >= 4 is 0 Å². The second kappa shape index (κ2) is 8.22. The summed E-state index contributed by atoms with van der Waals surface area (Å²) in [5, 5.41) is 19.0. The monoisotopic (exact) mass is 463 g/mol. The van der Waals surface area contributed by atoms with Crippen molar-refractivity contribution in [3.8, 4) is 34.0 Å². The largest absolute Gasteiger partial charge is 0.507 e. The number of halogens is 1. The fourth-order valence-electron chi connectivity index (χ4n) is 6.15. The molecule has 2 fully saturated rings. The molecule has 1 aromatic carbocycles. The number of aromatic hydroxyl groups is 1. The molecule has 6 nitrogen and oxygen atoms in total. The van der Waals surface area contributed by atoms with Crippen molar-refractivity contribution in [3.05, 3.63) is 58.8 Å². The molecule has 2 bridgehead atoms. The van der Waals surface area contributed by atoms with Gasteiger partial charge in [0.15, 0.2) is 0 Å².